The Bertz CT molecular complexity index is 877. The van der Waals surface area contributed by atoms with E-state index in [0.29, 0.717) is 5.16 Å². The van der Waals surface area contributed by atoms with Gasteiger partial charge in [0.15, 0.2) is 5.16 Å². The Morgan fingerprint density at radius 3 is 2.63 bits per heavy atom. The number of aromatic nitrogens is 4. The van der Waals surface area contributed by atoms with Gasteiger partial charge >= 0.3 is 12.1 Å². The molecule has 0 amide bonds. The normalized spacial score (nSPS) is 13.1. The Balaban J connectivity index is 0.000000321. The van der Waals surface area contributed by atoms with Crippen LogP contribution in [0.5, 0.6) is 0 Å². The number of halogens is 3. The smallest absolute Gasteiger partial charge is 0.475 e. The van der Waals surface area contributed by atoms with Crippen LogP contribution in [0.4, 0.5) is 13.2 Å². The van der Waals surface area contributed by atoms with Crippen LogP contribution in [0.2, 0.25) is 0 Å². The Morgan fingerprint density at radius 2 is 2.07 bits per heavy atom. The van der Waals surface area contributed by atoms with Crippen molar-refractivity contribution in [3.05, 3.63) is 39.3 Å². The summed E-state index contributed by atoms with van der Waals surface area (Å²) in [5.41, 5.74) is 4.13. The number of nitrogens with zero attached hydrogens (tertiary/aromatic N) is 3. The molecule has 0 saturated carbocycles. The minimum absolute atomic E-state index is 0.0332. The number of rotatable bonds is 4. The maximum Gasteiger partial charge on any atom is 0.490 e. The highest BCUT2D eigenvalue weighted by Crippen LogP contribution is 2.23. The summed E-state index contributed by atoms with van der Waals surface area (Å²) >= 11 is 1.55. The van der Waals surface area contributed by atoms with Crippen molar-refractivity contribution in [3.8, 4) is 0 Å². The molecule has 148 valence electrons. The standard InChI is InChI=1S/C14H18N4OS.C2HF3O2/c1-3-18-8-15-12(9(18)2)7-20-14-16-11-6-4-5-10(11)13(19)17-14;3-2(4,5)1(6)7/h8H,3-7H2,1-2H3,(H,16,17,19);(H,6,7). The zero-order chi connectivity index (χ0) is 20.2. The summed E-state index contributed by atoms with van der Waals surface area (Å²) < 4.78 is 33.9. The topological polar surface area (TPSA) is 101 Å². The third-order valence-corrected chi connectivity index (χ3v) is 4.93. The third kappa shape index (κ3) is 5.34. The molecule has 0 spiro atoms. The van der Waals surface area contributed by atoms with Gasteiger partial charge in [-0.05, 0) is 33.1 Å². The van der Waals surface area contributed by atoms with Gasteiger partial charge in [-0.25, -0.2) is 14.8 Å². The SMILES string of the molecule is CCn1cnc(CSc2nc3c(c(=O)[nH]2)CCC3)c1C.O=C(O)C(F)(F)F. The number of thioether (sulfide) groups is 1. The molecule has 2 heterocycles. The molecule has 2 aromatic heterocycles. The number of aryl methyl sites for hydroxylation is 2. The second kappa shape index (κ2) is 8.59. The first-order chi connectivity index (χ1) is 12.6. The minimum Gasteiger partial charge on any atom is -0.475 e. The van der Waals surface area contributed by atoms with Crippen molar-refractivity contribution in [1.29, 1.82) is 0 Å². The lowest BCUT2D eigenvalue weighted by atomic mass is 10.3. The van der Waals surface area contributed by atoms with Crippen LogP contribution in [-0.4, -0.2) is 36.8 Å². The van der Waals surface area contributed by atoms with Gasteiger partial charge in [0.25, 0.3) is 5.56 Å². The van der Waals surface area contributed by atoms with Crippen molar-refractivity contribution in [2.45, 2.75) is 56.7 Å². The van der Waals surface area contributed by atoms with Crippen molar-refractivity contribution in [2.75, 3.05) is 0 Å². The highest BCUT2D eigenvalue weighted by atomic mass is 32.2. The van der Waals surface area contributed by atoms with Gasteiger partial charge < -0.3 is 14.7 Å². The maximum absolute atomic E-state index is 11.9. The van der Waals surface area contributed by atoms with E-state index in [0.717, 1.165) is 48.5 Å². The molecule has 0 radical (unpaired) electrons. The highest BCUT2D eigenvalue weighted by molar-refractivity contribution is 7.98. The first-order valence-corrected chi connectivity index (χ1v) is 9.17. The largest absolute Gasteiger partial charge is 0.490 e. The number of nitrogens with one attached hydrogen (secondary N) is 1. The summed E-state index contributed by atoms with van der Waals surface area (Å²) in [6, 6.07) is 0. The van der Waals surface area contributed by atoms with Gasteiger partial charge in [0.1, 0.15) is 0 Å². The molecule has 0 fully saturated rings. The fourth-order valence-corrected chi connectivity index (χ4v) is 3.47. The number of aromatic amines is 1. The first kappa shape index (κ1) is 21.0. The van der Waals surface area contributed by atoms with Crippen LogP contribution in [0.15, 0.2) is 16.3 Å². The second-order valence-electron chi connectivity index (χ2n) is 5.80. The minimum atomic E-state index is -5.08. The molecular weight excluding hydrogens is 385 g/mol. The average Bonchev–Trinajstić information content (AvgIpc) is 3.19. The van der Waals surface area contributed by atoms with Crippen molar-refractivity contribution < 1.29 is 23.1 Å². The summed E-state index contributed by atoms with van der Waals surface area (Å²) in [4.78, 5) is 32.7. The molecule has 2 N–H and O–H groups in total. The number of carboxylic acids is 1. The van der Waals surface area contributed by atoms with E-state index in [4.69, 9.17) is 9.90 Å². The number of carboxylic acid groups (broad SMARTS) is 1. The summed E-state index contributed by atoms with van der Waals surface area (Å²) in [6.45, 7) is 5.10. The van der Waals surface area contributed by atoms with E-state index in [-0.39, 0.29) is 5.56 Å². The molecule has 0 saturated heterocycles. The van der Waals surface area contributed by atoms with Crippen molar-refractivity contribution >= 4 is 17.7 Å². The van der Waals surface area contributed by atoms with Gasteiger partial charge in [-0.2, -0.15) is 13.2 Å². The summed E-state index contributed by atoms with van der Waals surface area (Å²) in [7, 11) is 0. The van der Waals surface area contributed by atoms with Crippen molar-refractivity contribution in [2.24, 2.45) is 0 Å². The maximum atomic E-state index is 11.9. The van der Waals surface area contributed by atoms with E-state index in [9.17, 15) is 18.0 Å². The molecule has 3 rings (SSSR count). The number of hydrogen-bond acceptors (Lipinski definition) is 5. The number of fused-ring (bicyclic) bond motifs is 1. The van der Waals surface area contributed by atoms with Crippen LogP contribution in [0, 0.1) is 6.92 Å². The molecule has 1 aliphatic carbocycles. The molecular formula is C16H19F3N4O3S. The molecule has 11 heteroatoms. The van der Waals surface area contributed by atoms with Crippen LogP contribution >= 0.6 is 11.8 Å². The quantitative estimate of drug-likeness (QED) is 0.600. The number of alkyl halides is 3. The number of imidazole rings is 1. The van der Waals surface area contributed by atoms with Gasteiger partial charge in [-0.15, -0.1) is 0 Å². The third-order valence-electron chi connectivity index (χ3n) is 4.05. The van der Waals surface area contributed by atoms with Gasteiger partial charge in [-0.1, -0.05) is 11.8 Å². The molecule has 1 aliphatic rings. The Kier molecular flexibility index (Phi) is 6.68. The number of H-pyrrole nitrogens is 1. The van der Waals surface area contributed by atoms with Gasteiger partial charge in [-0.3, -0.25) is 4.79 Å². The van der Waals surface area contributed by atoms with Crippen LogP contribution in [0.3, 0.4) is 0 Å². The fraction of sp³-hybridized carbons (Fsp3) is 0.500. The predicted molar refractivity (Wildman–Crippen MR) is 92.8 cm³/mol. The monoisotopic (exact) mass is 404 g/mol. The van der Waals surface area contributed by atoms with Crippen LogP contribution < -0.4 is 5.56 Å². The lowest BCUT2D eigenvalue weighted by molar-refractivity contribution is -0.192. The van der Waals surface area contributed by atoms with Gasteiger partial charge in [0.2, 0.25) is 0 Å². The van der Waals surface area contributed by atoms with E-state index >= 15 is 0 Å². The highest BCUT2D eigenvalue weighted by Gasteiger charge is 2.38. The summed E-state index contributed by atoms with van der Waals surface area (Å²) in [6.07, 6.45) is -0.386. The number of hydrogen-bond donors (Lipinski definition) is 2. The van der Waals surface area contributed by atoms with E-state index in [1.54, 1.807) is 11.8 Å². The summed E-state index contributed by atoms with van der Waals surface area (Å²) in [5.74, 6) is -2.02. The van der Waals surface area contributed by atoms with E-state index in [1.807, 2.05) is 6.33 Å². The van der Waals surface area contributed by atoms with E-state index in [1.165, 1.54) is 5.69 Å². The predicted octanol–water partition coefficient (Wildman–Crippen LogP) is 2.71. The van der Waals surface area contributed by atoms with Crippen LogP contribution in [0.1, 0.15) is 36.0 Å². The Hall–Kier alpha value is -2.30. The molecule has 7 nitrogen and oxygen atoms in total. The Labute approximate surface area is 157 Å². The molecule has 0 aromatic carbocycles. The zero-order valence-electron chi connectivity index (χ0n) is 14.8. The summed E-state index contributed by atoms with van der Waals surface area (Å²) in [5, 5.41) is 7.83. The number of carbonyl (C=O) groups is 1. The van der Waals surface area contributed by atoms with Gasteiger partial charge in [0.05, 0.1) is 17.7 Å². The van der Waals surface area contributed by atoms with E-state index < -0.39 is 12.1 Å². The van der Waals surface area contributed by atoms with Crippen LogP contribution in [0.25, 0.3) is 0 Å². The molecule has 0 unspecified atom stereocenters. The number of aliphatic carboxylic acids is 1. The molecule has 0 atom stereocenters. The Morgan fingerprint density at radius 1 is 1.41 bits per heavy atom. The van der Waals surface area contributed by atoms with E-state index in [2.05, 4.69) is 33.4 Å². The molecule has 2 aromatic rings. The first-order valence-electron chi connectivity index (χ1n) is 8.19. The van der Waals surface area contributed by atoms with Crippen molar-refractivity contribution in [1.82, 2.24) is 19.5 Å². The van der Waals surface area contributed by atoms with Crippen molar-refractivity contribution in [3.63, 3.8) is 0 Å². The molecule has 0 bridgehead atoms. The molecule has 27 heavy (non-hydrogen) atoms. The van der Waals surface area contributed by atoms with Crippen LogP contribution in [-0.2, 0) is 29.9 Å². The van der Waals surface area contributed by atoms with Gasteiger partial charge in [0, 0.05) is 23.6 Å². The molecule has 0 aliphatic heterocycles. The second-order valence-corrected chi connectivity index (χ2v) is 6.77. The zero-order valence-corrected chi connectivity index (χ0v) is 15.6. The lowest BCUT2D eigenvalue weighted by Gasteiger charge is -2.04. The average molecular weight is 404 g/mol. The fourth-order valence-electron chi connectivity index (χ4n) is 2.57. The lowest BCUT2D eigenvalue weighted by Crippen LogP contribution is -2.21.